The number of nitrogens with one attached hydrogen (secondary N) is 1. The molecule has 9 nitrogen and oxygen atoms in total. The van der Waals surface area contributed by atoms with Crippen LogP contribution in [0.4, 0.5) is 23.1 Å². The van der Waals surface area contributed by atoms with Crippen molar-refractivity contribution in [2.75, 3.05) is 42.3 Å². The van der Waals surface area contributed by atoms with Crippen LogP contribution in [0.15, 0.2) is 42.9 Å². The molecule has 0 unspecified atom stereocenters. The van der Waals surface area contributed by atoms with Crippen LogP contribution in [0.5, 0.6) is 0 Å². The van der Waals surface area contributed by atoms with Crippen molar-refractivity contribution in [2.24, 2.45) is 0 Å². The van der Waals surface area contributed by atoms with Gasteiger partial charge in [0.25, 0.3) is 0 Å². The molecule has 0 spiro atoms. The van der Waals surface area contributed by atoms with Crippen LogP contribution in [0.3, 0.4) is 0 Å². The van der Waals surface area contributed by atoms with E-state index in [1.165, 1.54) is 6.20 Å². The van der Waals surface area contributed by atoms with Crippen LogP contribution in [-0.2, 0) is 4.74 Å². The summed E-state index contributed by atoms with van der Waals surface area (Å²) in [6, 6.07) is 6.67. The second-order valence-electron chi connectivity index (χ2n) is 6.70. The number of benzene rings is 1. The summed E-state index contributed by atoms with van der Waals surface area (Å²) in [4.78, 5) is 26.6. The van der Waals surface area contributed by atoms with Crippen LogP contribution in [0.2, 0.25) is 5.02 Å². The number of halogens is 1. The molecule has 4 rings (SSSR count). The molecule has 3 heterocycles. The van der Waals surface area contributed by atoms with Crippen molar-refractivity contribution in [3.05, 3.63) is 53.4 Å². The summed E-state index contributed by atoms with van der Waals surface area (Å²) in [6.45, 7) is 2.45. The first-order chi connectivity index (χ1) is 14.5. The Morgan fingerprint density at radius 2 is 1.97 bits per heavy atom. The first-order valence-electron chi connectivity index (χ1n) is 9.21. The number of aromatic nitrogens is 3. The van der Waals surface area contributed by atoms with Gasteiger partial charge in [-0.2, -0.15) is 4.98 Å². The van der Waals surface area contributed by atoms with Gasteiger partial charge in [-0.25, -0.2) is 9.78 Å². The predicted octanol–water partition coefficient (Wildman–Crippen LogP) is 3.05. The number of carbonyl (C=O) groups is 1. The zero-order valence-electron chi connectivity index (χ0n) is 15.9. The van der Waals surface area contributed by atoms with E-state index < -0.39 is 5.97 Å². The standard InChI is InChI=1S/C20H19ClN6O3/c21-14-6-15(22)8-16(7-14)25-20-24-11-17(12-5-13(19(28)29)10-23-9-12)18(26-20)27-1-3-30-4-2-27/h5-11H,1-4,22H2,(H,28,29)(H,24,25,26). The van der Waals surface area contributed by atoms with Gasteiger partial charge in [-0.05, 0) is 24.3 Å². The van der Waals surface area contributed by atoms with Gasteiger partial charge in [0.15, 0.2) is 0 Å². The molecule has 0 bridgehead atoms. The number of morpholine rings is 1. The number of carboxylic acids is 1. The zero-order valence-corrected chi connectivity index (χ0v) is 16.6. The highest BCUT2D eigenvalue weighted by atomic mass is 35.5. The largest absolute Gasteiger partial charge is 0.478 e. The number of anilines is 4. The van der Waals surface area contributed by atoms with Crippen LogP contribution in [0.1, 0.15) is 10.4 Å². The molecule has 0 amide bonds. The second kappa shape index (κ2) is 8.52. The number of nitrogen functional groups attached to an aromatic ring is 1. The number of nitrogens with zero attached hydrogens (tertiary/aromatic N) is 4. The summed E-state index contributed by atoms with van der Waals surface area (Å²) >= 11 is 6.08. The van der Waals surface area contributed by atoms with Gasteiger partial charge < -0.3 is 25.8 Å². The third-order valence-corrected chi connectivity index (χ3v) is 4.77. The molecule has 154 valence electrons. The molecule has 1 saturated heterocycles. The zero-order chi connectivity index (χ0) is 21.1. The first kappa shape index (κ1) is 19.9. The summed E-state index contributed by atoms with van der Waals surface area (Å²) in [5.41, 5.74) is 8.44. The minimum Gasteiger partial charge on any atom is -0.478 e. The van der Waals surface area contributed by atoms with Crippen molar-refractivity contribution in [3.8, 4) is 11.1 Å². The molecule has 1 aliphatic heterocycles. The highest BCUT2D eigenvalue weighted by Crippen LogP contribution is 2.31. The Hall–Kier alpha value is -3.43. The number of nitrogens with two attached hydrogens (primary N) is 1. The minimum atomic E-state index is -1.05. The molecule has 2 aromatic heterocycles. The topological polar surface area (TPSA) is 126 Å². The molecule has 1 aliphatic rings. The van der Waals surface area contributed by atoms with Crippen molar-refractivity contribution in [2.45, 2.75) is 0 Å². The Kier molecular flexibility index (Phi) is 5.64. The van der Waals surface area contributed by atoms with Crippen molar-refractivity contribution >= 4 is 40.7 Å². The van der Waals surface area contributed by atoms with E-state index in [1.54, 1.807) is 36.7 Å². The summed E-state index contributed by atoms with van der Waals surface area (Å²) in [6.07, 6.45) is 4.55. The molecule has 1 fully saturated rings. The molecular weight excluding hydrogens is 408 g/mol. The molecule has 0 aliphatic carbocycles. The fraction of sp³-hybridized carbons (Fsp3) is 0.200. The molecule has 0 radical (unpaired) electrons. The number of rotatable bonds is 5. The van der Waals surface area contributed by atoms with E-state index in [-0.39, 0.29) is 5.56 Å². The fourth-order valence-electron chi connectivity index (χ4n) is 3.17. The molecule has 0 saturated carbocycles. The monoisotopic (exact) mass is 426 g/mol. The minimum absolute atomic E-state index is 0.0945. The normalized spacial score (nSPS) is 13.8. The molecule has 0 atom stereocenters. The summed E-state index contributed by atoms with van der Waals surface area (Å²) in [5.74, 6) is -0.0191. The number of hydrogen-bond acceptors (Lipinski definition) is 8. The van der Waals surface area contributed by atoms with Gasteiger partial charge in [-0.1, -0.05) is 11.6 Å². The van der Waals surface area contributed by atoms with Crippen molar-refractivity contribution in [3.63, 3.8) is 0 Å². The van der Waals surface area contributed by atoms with E-state index in [2.05, 4.69) is 20.2 Å². The lowest BCUT2D eigenvalue weighted by molar-refractivity contribution is 0.0696. The number of aromatic carboxylic acids is 1. The Morgan fingerprint density at radius 3 is 2.70 bits per heavy atom. The third-order valence-electron chi connectivity index (χ3n) is 4.55. The maximum Gasteiger partial charge on any atom is 0.337 e. The maximum absolute atomic E-state index is 11.4. The van der Waals surface area contributed by atoms with Gasteiger partial charge in [0.2, 0.25) is 5.95 Å². The van der Waals surface area contributed by atoms with Gasteiger partial charge in [0.1, 0.15) is 5.82 Å². The lowest BCUT2D eigenvalue weighted by atomic mass is 10.1. The van der Waals surface area contributed by atoms with E-state index in [9.17, 15) is 9.90 Å². The smallest absolute Gasteiger partial charge is 0.337 e. The summed E-state index contributed by atoms with van der Waals surface area (Å²) < 4.78 is 5.45. The Labute approximate surface area is 177 Å². The van der Waals surface area contributed by atoms with Crippen LogP contribution in [-0.4, -0.2) is 52.3 Å². The van der Waals surface area contributed by atoms with Gasteiger partial charge in [-0.15, -0.1) is 0 Å². The van der Waals surface area contributed by atoms with Gasteiger partial charge in [0, 0.05) is 59.2 Å². The number of ether oxygens (including phenoxy) is 1. The maximum atomic E-state index is 11.4. The third kappa shape index (κ3) is 4.42. The molecule has 1 aromatic carbocycles. The lowest BCUT2D eigenvalue weighted by Gasteiger charge is -2.29. The van der Waals surface area contributed by atoms with E-state index in [4.69, 9.17) is 27.1 Å². The van der Waals surface area contributed by atoms with Crippen LogP contribution < -0.4 is 16.0 Å². The predicted molar refractivity (Wildman–Crippen MR) is 114 cm³/mol. The molecule has 10 heteroatoms. The van der Waals surface area contributed by atoms with Gasteiger partial charge in [0.05, 0.1) is 18.8 Å². The van der Waals surface area contributed by atoms with Crippen LogP contribution >= 0.6 is 11.6 Å². The van der Waals surface area contributed by atoms with E-state index in [1.807, 2.05) is 0 Å². The van der Waals surface area contributed by atoms with E-state index in [0.717, 1.165) is 0 Å². The van der Waals surface area contributed by atoms with Crippen LogP contribution in [0, 0.1) is 0 Å². The number of hydrogen-bond donors (Lipinski definition) is 3. The van der Waals surface area contributed by atoms with E-state index in [0.29, 0.717) is 65.6 Å². The van der Waals surface area contributed by atoms with Crippen molar-refractivity contribution < 1.29 is 14.6 Å². The Bertz CT molecular complexity index is 1070. The second-order valence-corrected chi connectivity index (χ2v) is 7.13. The SMILES string of the molecule is Nc1cc(Cl)cc(Nc2ncc(-c3cncc(C(=O)O)c3)c(N3CCOCC3)n2)c1. The van der Waals surface area contributed by atoms with Crippen molar-refractivity contribution in [1.82, 2.24) is 15.0 Å². The quantitative estimate of drug-likeness (QED) is 0.527. The summed E-state index contributed by atoms with van der Waals surface area (Å²) in [7, 11) is 0. The van der Waals surface area contributed by atoms with Gasteiger partial charge in [-0.3, -0.25) is 4.98 Å². The van der Waals surface area contributed by atoms with Crippen LogP contribution in [0.25, 0.3) is 11.1 Å². The highest BCUT2D eigenvalue weighted by molar-refractivity contribution is 6.31. The van der Waals surface area contributed by atoms with Crippen molar-refractivity contribution in [1.29, 1.82) is 0 Å². The average Bonchev–Trinajstić information content (AvgIpc) is 2.74. The molecule has 30 heavy (non-hydrogen) atoms. The Morgan fingerprint density at radius 1 is 1.17 bits per heavy atom. The molecule has 4 N–H and O–H groups in total. The summed E-state index contributed by atoms with van der Waals surface area (Å²) in [5, 5.41) is 12.9. The molecule has 3 aromatic rings. The Balaban J connectivity index is 1.74. The number of carboxylic acid groups (broad SMARTS) is 1. The van der Waals surface area contributed by atoms with Gasteiger partial charge >= 0.3 is 5.97 Å². The average molecular weight is 427 g/mol. The molecular formula is C20H19ClN6O3. The number of pyridine rings is 1. The first-order valence-corrected chi connectivity index (χ1v) is 9.59. The fourth-order valence-corrected chi connectivity index (χ4v) is 3.41. The lowest BCUT2D eigenvalue weighted by Crippen LogP contribution is -2.37. The van der Waals surface area contributed by atoms with E-state index >= 15 is 0 Å². The highest BCUT2D eigenvalue weighted by Gasteiger charge is 2.20.